The summed E-state index contributed by atoms with van der Waals surface area (Å²) in [7, 11) is 0. The molecule has 0 aliphatic heterocycles. The minimum atomic E-state index is -0.863. The van der Waals surface area contributed by atoms with E-state index in [1.54, 1.807) is 0 Å². The molecule has 1 saturated carbocycles. The normalized spacial score (nSPS) is 21.5. The first kappa shape index (κ1) is 15.5. The van der Waals surface area contributed by atoms with Gasteiger partial charge in [-0.05, 0) is 51.2 Å². The maximum absolute atomic E-state index is 12.3. The average Bonchev–Trinajstić information content (AvgIpc) is 2.28. The van der Waals surface area contributed by atoms with Crippen molar-refractivity contribution in [3.05, 3.63) is 35.4 Å². The number of carboxylic acid groups (broad SMARTS) is 1. The number of amides is 1. The Labute approximate surface area is 125 Å². The number of carbonyl (C=O) groups excluding carboxylic acids is 1. The molecule has 0 aromatic heterocycles. The molecule has 1 amide bonds. The molecule has 2 unspecified atom stereocenters. The Morgan fingerprint density at radius 2 is 1.86 bits per heavy atom. The van der Waals surface area contributed by atoms with Crippen molar-refractivity contribution >= 4 is 11.9 Å². The molecule has 1 aliphatic carbocycles. The Bertz CT molecular complexity index is 551. The molecule has 2 rings (SSSR count). The lowest BCUT2D eigenvalue weighted by atomic mass is 9.72. The Hall–Kier alpha value is -1.84. The molecule has 0 bridgehead atoms. The summed E-state index contributed by atoms with van der Waals surface area (Å²) in [5.74, 6) is -1.89. The summed E-state index contributed by atoms with van der Waals surface area (Å²) in [4.78, 5) is 23.3. The molecular formula is C17H23NO3. The number of aryl methyl sites for hydroxylation is 1. The highest BCUT2D eigenvalue weighted by Crippen LogP contribution is 2.35. The van der Waals surface area contributed by atoms with E-state index in [0.717, 1.165) is 6.42 Å². The van der Waals surface area contributed by atoms with E-state index in [1.807, 2.05) is 26.0 Å². The molecule has 21 heavy (non-hydrogen) atoms. The predicted molar refractivity (Wildman–Crippen MR) is 81.0 cm³/mol. The molecule has 2 N–H and O–H groups in total. The summed E-state index contributed by atoms with van der Waals surface area (Å²) in [5, 5.41) is 12.1. The van der Waals surface area contributed by atoms with Crippen molar-refractivity contribution in [2.75, 3.05) is 0 Å². The Morgan fingerprint density at radius 1 is 1.24 bits per heavy atom. The standard InChI is InChI=1S/C17H23NO3/c1-11-6-4-5-7-12(11)10-17(2,3)18-15(19)13-8-9-14(13)16(20)21/h4-7,13-14H,8-10H2,1-3H3,(H,18,19)(H,20,21). The lowest BCUT2D eigenvalue weighted by molar-refractivity contribution is -0.153. The molecule has 0 heterocycles. The van der Waals surface area contributed by atoms with E-state index in [2.05, 4.69) is 24.4 Å². The first-order valence-electron chi connectivity index (χ1n) is 7.39. The molecule has 4 heteroatoms. The minimum absolute atomic E-state index is 0.132. The van der Waals surface area contributed by atoms with Gasteiger partial charge in [0.15, 0.2) is 0 Å². The number of rotatable bonds is 5. The van der Waals surface area contributed by atoms with E-state index in [0.29, 0.717) is 12.8 Å². The van der Waals surface area contributed by atoms with E-state index in [-0.39, 0.29) is 17.4 Å². The number of aliphatic carboxylic acids is 1. The zero-order valence-corrected chi connectivity index (χ0v) is 12.8. The van der Waals surface area contributed by atoms with E-state index in [4.69, 9.17) is 5.11 Å². The van der Waals surface area contributed by atoms with Crippen molar-refractivity contribution in [1.29, 1.82) is 0 Å². The zero-order valence-electron chi connectivity index (χ0n) is 12.8. The van der Waals surface area contributed by atoms with Crippen molar-refractivity contribution in [1.82, 2.24) is 5.32 Å². The SMILES string of the molecule is Cc1ccccc1CC(C)(C)NC(=O)C1CCC1C(=O)O. The Morgan fingerprint density at radius 3 is 2.38 bits per heavy atom. The van der Waals surface area contributed by atoms with Crippen LogP contribution in [0.2, 0.25) is 0 Å². The third-order valence-electron chi connectivity index (χ3n) is 4.28. The molecule has 0 saturated heterocycles. The van der Waals surface area contributed by atoms with Gasteiger partial charge in [0.05, 0.1) is 11.8 Å². The van der Waals surface area contributed by atoms with Crippen LogP contribution in [0.3, 0.4) is 0 Å². The number of carboxylic acids is 1. The fraction of sp³-hybridized carbons (Fsp3) is 0.529. The number of benzene rings is 1. The third kappa shape index (κ3) is 3.63. The first-order chi connectivity index (χ1) is 9.80. The average molecular weight is 289 g/mol. The summed E-state index contributed by atoms with van der Waals surface area (Å²) in [6.45, 7) is 6.01. The zero-order chi connectivity index (χ0) is 15.6. The van der Waals surface area contributed by atoms with Crippen LogP contribution >= 0.6 is 0 Å². The summed E-state index contributed by atoms with van der Waals surface area (Å²) >= 11 is 0. The first-order valence-corrected chi connectivity index (χ1v) is 7.39. The summed E-state index contributed by atoms with van der Waals surface area (Å²) in [5.41, 5.74) is 2.01. The number of hydrogen-bond donors (Lipinski definition) is 2. The highest BCUT2D eigenvalue weighted by atomic mass is 16.4. The van der Waals surface area contributed by atoms with Crippen LogP contribution in [0.4, 0.5) is 0 Å². The molecule has 4 nitrogen and oxygen atoms in total. The third-order valence-corrected chi connectivity index (χ3v) is 4.28. The number of nitrogens with one attached hydrogen (secondary N) is 1. The van der Waals surface area contributed by atoms with Crippen molar-refractivity contribution in [2.45, 2.75) is 45.6 Å². The fourth-order valence-electron chi connectivity index (χ4n) is 2.86. The van der Waals surface area contributed by atoms with Crippen LogP contribution < -0.4 is 5.32 Å². The van der Waals surface area contributed by atoms with Crippen LogP contribution in [-0.4, -0.2) is 22.5 Å². The topological polar surface area (TPSA) is 66.4 Å². The van der Waals surface area contributed by atoms with Crippen molar-refractivity contribution < 1.29 is 14.7 Å². The molecule has 0 radical (unpaired) electrons. The van der Waals surface area contributed by atoms with E-state index in [1.165, 1.54) is 11.1 Å². The maximum Gasteiger partial charge on any atom is 0.307 e. The molecule has 1 fully saturated rings. The van der Waals surface area contributed by atoms with Gasteiger partial charge in [0, 0.05) is 5.54 Å². The van der Waals surface area contributed by atoms with Crippen molar-refractivity contribution in [3.63, 3.8) is 0 Å². The van der Waals surface area contributed by atoms with Crippen LogP contribution in [0, 0.1) is 18.8 Å². The second-order valence-corrected chi connectivity index (χ2v) is 6.60. The van der Waals surface area contributed by atoms with Crippen LogP contribution in [0.1, 0.15) is 37.8 Å². The minimum Gasteiger partial charge on any atom is -0.481 e. The molecule has 114 valence electrons. The molecule has 1 aromatic rings. The van der Waals surface area contributed by atoms with Crippen LogP contribution in [-0.2, 0) is 16.0 Å². The van der Waals surface area contributed by atoms with Gasteiger partial charge >= 0.3 is 5.97 Å². The molecule has 1 aliphatic rings. The van der Waals surface area contributed by atoms with Gasteiger partial charge in [0.1, 0.15) is 0 Å². The van der Waals surface area contributed by atoms with E-state index < -0.39 is 11.9 Å². The highest BCUT2D eigenvalue weighted by Gasteiger charge is 2.42. The second-order valence-electron chi connectivity index (χ2n) is 6.60. The monoisotopic (exact) mass is 289 g/mol. The van der Waals surface area contributed by atoms with Crippen LogP contribution in [0.25, 0.3) is 0 Å². The van der Waals surface area contributed by atoms with Crippen molar-refractivity contribution in [3.8, 4) is 0 Å². The molecule has 0 spiro atoms. The summed E-state index contributed by atoms with van der Waals surface area (Å²) < 4.78 is 0. The van der Waals surface area contributed by atoms with Crippen molar-refractivity contribution in [2.24, 2.45) is 11.8 Å². The Balaban J connectivity index is 1.99. The van der Waals surface area contributed by atoms with E-state index >= 15 is 0 Å². The molecule has 1 aromatic carbocycles. The smallest absolute Gasteiger partial charge is 0.307 e. The number of hydrogen-bond acceptors (Lipinski definition) is 2. The maximum atomic E-state index is 12.3. The van der Waals surface area contributed by atoms with Gasteiger partial charge in [-0.25, -0.2) is 0 Å². The predicted octanol–water partition coefficient (Wildman–Crippen LogP) is 2.54. The van der Waals surface area contributed by atoms with Crippen LogP contribution in [0.15, 0.2) is 24.3 Å². The molecule has 2 atom stereocenters. The van der Waals surface area contributed by atoms with Gasteiger partial charge in [-0.15, -0.1) is 0 Å². The molecular weight excluding hydrogens is 266 g/mol. The fourth-order valence-corrected chi connectivity index (χ4v) is 2.86. The summed E-state index contributed by atoms with van der Waals surface area (Å²) in [6, 6.07) is 8.11. The van der Waals surface area contributed by atoms with Gasteiger partial charge < -0.3 is 10.4 Å². The lowest BCUT2D eigenvalue weighted by Gasteiger charge is -2.36. The van der Waals surface area contributed by atoms with Gasteiger partial charge in [0.25, 0.3) is 0 Å². The van der Waals surface area contributed by atoms with Gasteiger partial charge in [0.2, 0.25) is 5.91 Å². The quantitative estimate of drug-likeness (QED) is 0.875. The Kier molecular flexibility index (Phi) is 4.35. The van der Waals surface area contributed by atoms with Gasteiger partial charge in [-0.1, -0.05) is 24.3 Å². The second kappa shape index (κ2) is 5.88. The van der Waals surface area contributed by atoms with Gasteiger partial charge in [-0.3, -0.25) is 9.59 Å². The largest absolute Gasteiger partial charge is 0.481 e. The van der Waals surface area contributed by atoms with Crippen LogP contribution in [0.5, 0.6) is 0 Å². The lowest BCUT2D eigenvalue weighted by Crippen LogP contribution is -2.52. The highest BCUT2D eigenvalue weighted by molar-refractivity contribution is 5.86. The summed E-state index contributed by atoms with van der Waals surface area (Å²) in [6.07, 6.45) is 2.00. The number of carbonyl (C=O) groups is 2. The van der Waals surface area contributed by atoms with E-state index in [9.17, 15) is 9.59 Å². The van der Waals surface area contributed by atoms with Gasteiger partial charge in [-0.2, -0.15) is 0 Å².